The molecule has 7 nitrogen and oxygen atoms in total. The van der Waals surface area contributed by atoms with E-state index in [-0.39, 0.29) is 22.4 Å². The van der Waals surface area contributed by atoms with Gasteiger partial charge in [0, 0.05) is 44.5 Å². The van der Waals surface area contributed by atoms with E-state index in [4.69, 9.17) is 4.74 Å². The minimum atomic E-state index is -0.255. The van der Waals surface area contributed by atoms with Gasteiger partial charge in [0.15, 0.2) is 5.76 Å². The Kier molecular flexibility index (Phi) is 5.48. The summed E-state index contributed by atoms with van der Waals surface area (Å²) in [4.78, 5) is 29.8. The van der Waals surface area contributed by atoms with E-state index in [1.54, 1.807) is 9.47 Å². The van der Waals surface area contributed by atoms with E-state index >= 15 is 0 Å². The number of ether oxygens (including phenoxy) is 1. The van der Waals surface area contributed by atoms with Gasteiger partial charge in [0.25, 0.3) is 11.5 Å². The molecule has 162 valence electrons. The summed E-state index contributed by atoms with van der Waals surface area (Å²) >= 11 is 0. The molecule has 0 N–H and O–H groups in total. The first-order valence-electron chi connectivity index (χ1n) is 10.7. The smallest absolute Gasteiger partial charge is 0.288 e. The number of amides is 1. The van der Waals surface area contributed by atoms with Crippen LogP contribution in [0.1, 0.15) is 32.8 Å². The number of rotatable bonds is 3. The Morgan fingerprint density at radius 3 is 2.48 bits per heavy atom. The number of aromatic nitrogens is 1. The number of benzene rings is 1. The van der Waals surface area contributed by atoms with Crippen molar-refractivity contribution < 1.29 is 9.53 Å². The van der Waals surface area contributed by atoms with Crippen LogP contribution in [0.2, 0.25) is 0 Å². The molecule has 0 saturated carbocycles. The molecule has 0 atom stereocenters. The number of fused-ring (bicyclic) bond motifs is 1. The highest BCUT2D eigenvalue weighted by atomic mass is 16.5. The van der Waals surface area contributed by atoms with Crippen molar-refractivity contribution in [2.75, 3.05) is 37.7 Å². The number of hydrogen-bond acceptors (Lipinski definition) is 5. The van der Waals surface area contributed by atoms with Crippen molar-refractivity contribution in [2.45, 2.75) is 33.7 Å². The number of piperazine rings is 1. The van der Waals surface area contributed by atoms with Gasteiger partial charge in [0.2, 0.25) is 0 Å². The van der Waals surface area contributed by atoms with Crippen molar-refractivity contribution >= 4 is 22.5 Å². The van der Waals surface area contributed by atoms with Crippen LogP contribution < -0.4 is 10.5 Å². The summed E-state index contributed by atoms with van der Waals surface area (Å²) in [7, 11) is 0. The minimum absolute atomic E-state index is 0.0805. The van der Waals surface area contributed by atoms with E-state index in [9.17, 15) is 14.9 Å². The highest BCUT2D eigenvalue weighted by Crippen LogP contribution is 2.31. The molecule has 0 aliphatic carbocycles. The van der Waals surface area contributed by atoms with Gasteiger partial charge in [-0.3, -0.25) is 9.59 Å². The number of hydrogen-bond donors (Lipinski definition) is 0. The van der Waals surface area contributed by atoms with Crippen LogP contribution in [0.15, 0.2) is 40.9 Å². The highest BCUT2D eigenvalue weighted by molar-refractivity contribution is 5.95. The summed E-state index contributed by atoms with van der Waals surface area (Å²) in [6.07, 6.45) is 2.61. The van der Waals surface area contributed by atoms with Crippen LogP contribution >= 0.6 is 0 Å². The molecule has 0 unspecified atom stereocenters. The van der Waals surface area contributed by atoms with Gasteiger partial charge in [0.05, 0.1) is 17.8 Å². The number of carbonyl (C=O) groups is 1. The summed E-state index contributed by atoms with van der Waals surface area (Å²) in [5, 5.41) is 10.8. The molecular weight excluding hydrogens is 392 g/mol. The lowest BCUT2D eigenvalue weighted by Crippen LogP contribution is -2.50. The quantitative estimate of drug-likeness (QED) is 0.763. The number of carbonyl (C=O) groups excluding carboxylic acids is 1. The van der Waals surface area contributed by atoms with Crippen molar-refractivity contribution in [2.24, 2.45) is 5.41 Å². The number of pyridine rings is 1. The van der Waals surface area contributed by atoms with Crippen LogP contribution in [0.25, 0.3) is 10.9 Å². The first-order valence-corrected chi connectivity index (χ1v) is 10.7. The number of anilines is 1. The average molecular weight is 421 g/mol. The molecule has 2 aromatic rings. The minimum Gasteiger partial charge on any atom is -0.488 e. The molecule has 2 aliphatic heterocycles. The molecule has 3 heterocycles. The van der Waals surface area contributed by atoms with Crippen LogP contribution in [0.4, 0.5) is 5.69 Å². The van der Waals surface area contributed by atoms with Gasteiger partial charge in [-0.2, -0.15) is 5.26 Å². The molecule has 0 radical (unpaired) electrons. The third-order valence-electron chi connectivity index (χ3n) is 5.69. The maximum Gasteiger partial charge on any atom is 0.288 e. The average Bonchev–Trinajstić information content (AvgIpc) is 3.29. The number of para-hydroxylation sites is 1. The predicted molar refractivity (Wildman–Crippen MR) is 120 cm³/mol. The van der Waals surface area contributed by atoms with Gasteiger partial charge < -0.3 is 19.1 Å². The lowest BCUT2D eigenvalue weighted by molar-refractivity contribution is -0.130. The van der Waals surface area contributed by atoms with Crippen LogP contribution in [0, 0.1) is 16.7 Å². The maximum atomic E-state index is 13.3. The maximum absolute atomic E-state index is 13.3. The Labute approximate surface area is 182 Å². The van der Waals surface area contributed by atoms with Crippen molar-refractivity contribution in [3.8, 4) is 6.07 Å². The summed E-state index contributed by atoms with van der Waals surface area (Å²) in [6, 6.07) is 9.94. The summed E-state index contributed by atoms with van der Waals surface area (Å²) in [5.41, 5.74) is 1.32. The molecule has 31 heavy (non-hydrogen) atoms. The van der Waals surface area contributed by atoms with E-state index < -0.39 is 0 Å². The largest absolute Gasteiger partial charge is 0.488 e. The third kappa shape index (κ3) is 4.02. The second kappa shape index (κ2) is 8.10. The zero-order chi connectivity index (χ0) is 22.2. The molecule has 0 bridgehead atoms. The Morgan fingerprint density at radius 1 is 1.16 bits per heavy atom. The molecule has 0 spiro atoms. The fraction of sp³-hybridized carbons (Fsp3) is 0.458. The first kappa shape index (κ1) is 21.0. The molecule has 1 saturated heterocycles. The van der Waals surface area contributed by atoms with Gasteiger partial charge in [-0.15, -0.1) is 0 Å². The number of nitriles is 1. The van der Waals surface area contributed by atoms with Crippen molar-refractivity contribution in [3.63, 3.8) is 0 Å². The van der Waals surface area contributed by atoms with Gasteiger partial charge in [-0.25, -0.2) is 0 Å². The molecular formula is C24H28N4O3. The summed E-state index contributed by atoms with van der Waals surface area (Å²) < 4.78 is 7.13. The molecule has 1 aromatic carbocycles. The first-order chi connectivity index (χ1) is 14.8. The Bertz CT molecular complexity index is 1140. The predicted octanol–water partition coefficient (Wildman–Crippen LogP) is 2.87. The molecule has 1 aromatic heterocycles. The fourth-order valence-corrected chi connectivity index (χ4v) is 4.31. The normalized spacial score (nSPS) is 16.8. The molecule has 4 rings (SSSR count). The topological polar surface area (TPSA) is 78.6 Å². The Morgan fingerprint density at radius 2 is 1.87 bits per heavy atom. The summed E-state index contributed by atoms with van der Waals surface area (Å²) in [6.45, 7) is 9.46. The molecule has 7 heteroatoms. The zero-order valence-electron chi connectivity index (χ0n) is 18.4. The molecule has 2 aliphatic rings. The SMILES string of the molecule is CC(C)(C)Cn1c(=O)c(C#N)c(N2CCN(C(=O)C3=CCCO3)CC2)c2ccccc21. The zero-order valence-corrected chi connectivity index (χ0v) is 18.4. The van der Waals surface area contributed by atoms with Crippen molar-refractivity contribution in [3.05, 3.63) is 52.0 Å². The lowest BCUT2D eigenvalue weighted by Gasteiger charge is -2.37. The lowest BCUT2D eigenvalue weighted by atomic mass is 9.96. The third-order valence-corrected chi connectivity index (χ3v) is 5.69. The number of nitrogens with zero attached hydrogens (tertiary/aromatic N) is 4. The van der Waals surface area contributed by atoms with Crippen LogP contribution in [-0.4, -0.2) is 48.2 Å². The monoisotopic (exact) mass is 420 g/mol. The Balaban J connectivity index is 1.70. The van der Waals surface area contributed by atoms with E-state index in [1.165, 1.54) is 0 Å². The summed E-state index contributed by atoms with van der Waals surface area (Å²) in [5.74, 6) is 0.351. The van der Waals surface area contributed by atoms with E-state index in [0.29, 0.717) is 50.8 Å². The standard InChI is InChI=1S/C24H28N4O3/c1-24(2,3)16-28-19-8-5-4-7-17(19)21(18(15-25)22(28)29)26-10-12-27(13-11-26)23(30)20-9-6-14-31-20/h4-5,7-9H,6,10-14,16H2,1-3H3. The van der Waals surface area contributed by atoms with Gasteiger partial charge >= 0.3 is 0 Å². The highest BCUT2D eigenvalue weighted by Gasteiger charge is 2.29. The van der Waals surface area contributed by atoms with Gasteiger partial charge in [-0.1, -0.05) is 39.0 Å². The van der Waals surface area contributed by atoms with Gasteiger partial charge in [0.1, 0.15) is 11.6 Å². The second-order valence-corrected chi connectivity index (χ2v) is 9.29. The van der Waals surface area contributed by atoms with Crippen LogP contribution in [-0.2, 0) is 16.1 Å². The molecule has 1 amide bonds. The van der Waals surface area contributed by atoms with Crippen LogP contribution in [0.5, 0.6) is 0 Å². The Hall–Kier alpha value is -3.27. The second-order valence-electron chi connectivity index (χ2n) is 9.29. The van der Waals surface area contributed by atoms with Crippen molar-refractivity contribution in [1.29, 1.82) is 5.26 Å². The van der Waals surface area contributed by atoms with Crippen LogP contribution in [0.3, 0.4) is 0 Å². The van der Waals surface area contributed by atoms with E-state index in [2.05, 4.69) is 31.7 Å². The fourth-order valence-electron chi connectivity index (χ4n) is 4.31. The van der Waals surface area contributed by atoms with E-state index in [0.717, 1.165) is 17.3 Å². The van der Waals surface area contributed by atoms with E-state index in [1.807, 2.05) is 30.3 Å². The van der Waals surface area contributed by atoms with Crippen molar-refractivity contribution in [1.82, 2.24) is 9.47 Å². The molecule has 1 fully saturated rings. The van der Waals surface area contributed by atoms with Gasteiger partial charge in [-0.05, 0) is 17.6 Å².